The molecule has 0 heterocycles. The van der Waals surface area contributed by atoms with Gasteiger partial charge in [0.25, 0.3) is 0 Å². The third-order valence-corrected chi connectivity index (χ3v) is 6.24. The van der Waals surface area contributed by atoms with Crippen molar-refractivity contribution < 1.29 is 19.1 Å². The molecule has 0 saturated heterocycles. The van der Waals surface area contributed by atoms with E-state index < -0.39 is 6.09 Å². The maximum Gasteiger partial charge on any atom is 0.416 e. The second-order valence-electron chi connectivity index (χ2n) is 8.60. The van der Waals surface area contributed by atoms with E-state index in [2.05, 4.69) is 5.32 Å². The molecule has 6 nitrogen and oxygen atoms in total. The van der Waals surface area contributed by atoms with Crippen molar-refractivity contribution in [3.05, 3.63) is 0 Å². The van der Waals surface area contributed by atoms with Crippen LogP contribution in [0.2, 0.25) is 12.6 Å². The zero-order valence-corrected chi connectivity index (χ0v) is 18.3. The zero-order valence-electron chi connectivity index (χ0n) is 18.3. The van der Waals surface area contributed by atoms with Crippen molar-refractivity contribution in [2.45, 2.75) is 115 Å². The molecule has 0 aliphatic heterocycles. The van der Waals surface area contributed by atoms with E-state index in [-0.39, 0.29) is 29.8 Å². The lowest BCUT2D eigenvalue weighted by Gasteiger charge is -2.35. The van der Waals surface area contributed by atoms with Crippen LogP contribution in [-0.4, -0.2) is 55.4 Å². The van der Waals surface area contributed by atoms with E-state index >= 15 is 0 Å². The van der Waals surface area contributed by atoms with Crippen molar-refractivity contribution in [3.63, 3.8) is 0 Å². The second-order valence-corrected chi connectivity index (χ2v) is 8.60. The van der Waals surface area contributed by atoms with E-state index in [1.807, 2.05) is 14.1 Å². The molecule has 2 rings (SSSR count). The summed E-state index contributed by atoms with van der Waals surface area (Å²) < 4.78 is 5.31. The van der Waals surface area contributed by atoms with Gasteiger partial charge in [0.15, 0.2) is 13.1 Å². The number of hydrogen-bond donors (Lipinski definition) is 1. The molecular formula is C21H36B2N2O4. The van der Waals surface area contributed by atoms with E-state index in [0.717, 1.165) is 25.7 Å². The summed E-state index contributed by atoms with van der Waals surface area (Å²) >= 11 is 0. The number of nitrogens with zero attached hydrogens (tertiary/aromatic N) is 1. The van der Waals surface area contributed by atoms with E-state index in [0.29, 0.717) is 18.7 Å². The van der Waals surface area contributed by atoms with Crippen LogP contribution in [0.4, 0.5) is 9.59 Å². The predicted octanol–water partition coefficient (Wildman–Crippen LogP) is 4.33. The highest BCUT2D eigenvalue weighted by Crippen LogP contribution is 2.27. The summed E-state index contributed by atoms with van der Waals surface area (Å²) in [5.41, 5.74) is 0. The lowest BCUT2D eigenvalue weighted by atomic mass is 9.59. The first-order valence-electron chi connectivity index (χ1n) is 11.4. The van der Waals surface area contributed by atoms with Crippen LogP contribution in [0, 0.1) is 0 Å². The first-order chi connectivity index (χ1) is 13.9. The molecule has 8 heteroatoms. The molecule has 160 valence electrons. The fourth-order valence-corrected chi connectivity index (χ4v) is 4.41. The average molecular weight is 402 g/mol. The maximum atomic E-state index is 12.5. The minimum Gasteiger partial charge on any atom is -0.456 e. The fourth-order valence-electron chi connectivity index (χ4n) is 4.41. The summed E-state index contributed by atoms with van der Waals surface area (Å²) in [6.45, 7) is 4.99. The minimum absolute atomic E-state index is 0.0363. The third kappa shape index (κ3) is 8.06. The van der Waals surface area contributed by atoms with Gasteiger partial charge in [-0.15, -0.1) is 0 Å². The number of imide groups is 1. The molecule has 1 atom stereocenters. The summed E-state index contributed by atoms with van der Waals surface area (Å²) in [5, 5.41) is 3.14. The van der Waals surface area contributed by atoms with E-state index in [1.54, 1.807) is 14.2 Å². The highest BCUT2D eigenvalue weighted by atomic mass is 16.6. The molecule has 2 saturated carbocycles. The SMILES string of the molecule is C[B]C(C)OC(=O)N(C(C)=O)C1CCC(NC(=O)[B]C2CCCCCCC2)CC1. The minimum atomic E-state index is -0.576. The Bertz CT molecular complexity index is 545. The highest BCUT2D eigenvalue weighted by molar-refractivity contribution is 6.74. The number of carbonyl (C=O) groups is 3. The van der Waals surface area contributed by atoms with Gasteiger partial charge in [-0.25, -0.2) is 9.69 Å². The van der Waals surface area contributed by atoms with Gasteiger partial charge in [0, 0.05) is 19.0 Å². The normalized spacial score (nSPS) is 24.4. The van der Waals surface area contributed by atoms with Crippen molar-refractivity contribution in [2.24, 2.45) is 0 Å². The Morgan fingerprint density at radius 1 is 0.966 bits per heavy atom. The number of amides is 3. The first kappa shape index (κ1) is 23.8. The van der Waals surface area contributed by atoms with Crippen molar-refractivity contribution in [2.75, 3.05) is 0 Å². The molecule has 0 bridgehead atoms. The average Bonchev–Trinajstić information content (AvgIpc) is 2.65. The predicted molar refractivity (Wildman–Crippen MR) is 116 cm³/mol. The smallest absolute Gasteiger partial charge is 0.416 e. The highest BCUT2D eigenvalue weighted by Gasteiger charge is 2.33. The standard InChI is InChI=1S/C21H36B2N2O4/c1-15(22-3)29-21(28)25(16(2)26)19-13-11-18(12-14-19)24-20(27)23-17-9-7-5-4-6-8-10-17/h15,17-19H,4-14H2,1-3H3,(H,24,27). The number of carbonyl (C=O) groups excluding carboxylic acids is 3. The lowest BCUT2D eigenvalue weighted by Crippen LogP contribution is -2.49. The van der Waals surface area contributed by atoms with Gasteiger partial charge in [0.2, 0.25) is 13.2 Å². The molecule has 0 aromatic heterocycles. The molecule has 2 radical (unpaired) electrons. The Kier molecular flexibility index (Phi) is 10.1. The largest absolute Gasteiger partial charge is 0.456 e. The molecule has 0 aromatic carbocycles. The zero-order chi connectivity index (χ0) is 21.2. The molecule has 0 spiro atoms. The van der Waals surface area contributed by atoms with Gasteiger partial charge in [-0.3, -0.25) is 9.59 Å². The number of nitrogens with one attached hydrogen (secondary N) is 1. The van der Waals surface area contributed by atoms with Gasteiger partial charge in [0.05, 0.1) is 6.00 Å². The molecule has 2 aliphatic carbocycles. The molecule has 3 amide bonds. The van der Waals surface area contributed by atoms with Gasteiger partial charge in [-0.2, -0.15) is 0 Å². The molecule has 1 unspecified atom stereocenters. The summed E-state index contributed by atoms with van der Waals surface area (Å²) in [7, 11) is 3.66. The van der Waals surface area contributed by atoms with E-state index in [4.69, 9.17) is 4.74 Å². The second kappa shape index (κ2) is 12.3. The summed E-state index contributed by atoms with van der Waals surface area (Å²) in [4.78, 5) is 38.1. The topological polar surface area (TPSA) is 75.7 Å². The number of ether oxygens (including phenoxy) is 1. The quantitative estimate of drug-likeness (QED) is 0.672. The monoisotopic (exact) mass is 402 g/mol. The maximum absolute atomic E-state index is 12.5. The lowest BCUT2D eigenvalue weighted by molar-refractivity contribution is -0.129. The Balaban J connectivity index is 1.78. The molecule has 2 fully saturated rings. The summed E-state index contributed by atoms with van der Waals surface area (Å²) in [6.07, 6.45) is 10.9. The van der Waals surface area contributed by atoms with Gasteiger partial charge < -0.3 is 10.1 Å². The summed E-state index contributed by atoms with van der Waals surface area (Å²) in [6, 6.07) is -0.383. The first-order valence-corrected chi connectivity index (χ1v) is 11.4. The van der Waals surface area contributed by atoms with Crippen molar-refractivity contribution in [3.8, 4) is 0 Å². The van der Waals surface area contributed by atoms with Crippen LogP contribution in [0.15, 0.2) is 0 Å². The van der Waals surface area contributed by atoms with Crippen molar-refractivity contribution in [1.29, 1.82) is 0 Å². The van der Waals surface area contributed by atoms with Crippen molar-refractivity contribution in [1.82, 2.24) is 10.2 Å². The van der Waals surface area contributed by atoms with Gasteiger partial charge >= 0.3 is 6.09 Å². The number of hydrogen-bond acceptors (Lipinski definition) is 4. The Hall–Kier alpha value is -1.46. The van der Waals surface area contributed by atoms with Gasteiger partial charge in [0.1, 0.15) is 0 Å². The molecule has 2 aliphatic rings. The summed E-state index contributed by atoms with van der Waals surface area (Å²) in [5.74, 6) is 0.143. The van der Waals surface area contributed by atoms with Crippen LogP contribution in [0.25, 0.3) is 0 Å². The molecule has 1 N–H and O–H groups in total. The van der Waals surface area contributed by atoms with E-state index in [9.17, 15) is 14.4 Å². The van der Waals surface area contributed by atoms with Crippen LogP contribution >= 0.6 is 0 Å². The Labute approximate surface area is 177 Å². The van der Waals surface area contributed by atoms with Gasteiger partial charge in [-0.1, -0.05) is 57.6 Å². The van der Waals surface area contributed by atoms with Crippen LogP contribution in [0.3, 0.4) is 0 Å². The number of rotatable bonds is 6. The molecule has 29 heavy (non-hydrogen) atoms. The Morgan fingerprint density at radius 3 is 2.10 bits per heavy atom. The van der Waals surface area contributed by atoms with Crippen molar-refractivity contribution >= 4 is 32.4 Å². The fraction of sp³-hybridized carbons (Fsp3) is 0.857. The molecular weight excluding hydrogens is 366 g/mol. The molecule has 0 aromatic rings. The van der Waals surface area contributed by atoms with Gasteiger partial charge in [-0.05, 0) is 32.6 Å². The van der Waals surface area contributed by atoms with Crippen LogP contribution in [0.1, 0.15) is 84.5 Å². The Morgan fingerprint density at radius 2 is 1.55 bits per heavy atom. The van der Waals surface area contributed by atoms with Crippen LogP contribution in [0.5, 0.6) is 0 Å². The van der Waals surface area contributed by atoms with E-state index in [1.165, 1.54) is 43.9 Å². The van der Waals surface area contributed by atoms with Crippen LogP contribution < -0.4 is 5.32 Å². The van der Waals surface area contributed by atoms with Crippen LogP contribution in [-0.2, 0) is 9.53 Å². The third-order valence-electron chi connectivity index (χ3n) is 6.24.